The van der Waals surface area contributed by atoms with Gasteiger partial charge in [-0.25, -0.2) is 4.72 Å². The predicted octanol–water partition coefficient (Wildman–Crippen LogP) is 1.70. The maximum Gasteiger partial charge on any atom is 0.279 e. The Bertz CT molecular complexity index is 602. The standard InChI is InChI=1S/C16H27N3O3S/c1-4-19(5-2)23(20,21)17-12-14-10-11-18(13-14)15-8-6-7-9-16(15)22-3/h6-9,14,17H,4-5,10-13H2,1-3H3/t14-/m0/s1. The van der Waals surface area contributed by atoms with Crippen molar-refractivity contribution in [1.29, 1.82) is 0 Å². The SMILES string of the molecule is CCN(CC)S(=O)(=O)NC[C@@H]1CCN(c2ccccc2OC)C1. The van der Waals surface area contributed by atoms with Crippen molar-refractivity contribution >= 4 is 15.9 Å². The van der Waals surface area contributed by atoms with Crippen LogP contribution in [0.3, 0.4) is 0 Å². The zero-order chi connectivity index (χ0) is 16.9. The Hall–Kier alpha value is -1.31. The van der Waals surface area contributed by atoms with Crippen LogP contribution in [0.1, 0.15) is 20.3 Å². The smallest absolute Gasteiger partial charge is 0.279 e. The maximum atomic E-state index is 12.2. The van der Waals surface area contributed by atoms with Crippen molar-refractivity contribution in [2.24, 2.45) is 5.92 Å². The number of benzene rings is 1. The van der Waals surface area contributed by atoms with Crippen LogP contribution in [0.15, 0.2) is 24.3 Å². The van der Waals surface area contributed by atoms with Crippen LogP contribution < -0.4 is 14.4 Å². The third kappa shape index (κ3) is 4.37. The van der Waals surface area contributed by atoms with E-state index in [2.05, 4.69) is 9.62 Å². The van der Waals surface area contributed by atoms with Crippen molar-refractivity contribution in [3.8, 4) is 5.75 Å². The van der Waals surface area contributed by atoms with Crippen molar-refractivity contribution in [2.75, 3.05) is 44.7 Å². The largest absolute Gasteiger partial charge is 0.495 e. The summed E-state index contributed by atoms with van der Waals surface area (Å²) in [5, 5.41) is 0. The number of methoxy groups -OCH3 is 1. The Kier molecular flexibility index (Phi) is 6.26. The zero-order valence-electron chi connectivity index (χ0n) is 14.2. The summed E-state index contributed by atoms with van der Waals surface area (Å²) >= 11 is 0. The van der Waals surface area contributed by atoms with Gasteiger partial charge in [-0.1, -0.05) is 26.0 Å². The molecule has 1 saturated heterocycles. The van der Waals surface area contributed by atoms with Gasteiger partial charge < -0.3 is 9.64 Å². The molecule has 1 aromatic carbocycles. The molecule has 0 saturated carbocycles. The van der Waals surface area contributed by atoms with E-state index in [0.29, 0.717) is 25.6 Å². The fourth-order valence-electron chi connectivity index (χ4n) is 2.99. The molecule has 1 aliphatic rings. The molecule has 0 amide bonds. The van der Waals surface area contributed by atoms with Crippen LogP contribution in [0.5, 0.6) is 5.75 Å². The van der Waals surface area contributed by atoms with Crippen molar-refractivity contribution in [3.05, 3.63) is 24.3 Å². The van der Waals surface area contributed by atoms with E-state index >= 15 is 0 Å². The zero-order valence-corrected chi connectivity index (χ0v) is 15.0. The van der Waals surface area contributed by atoms with Gasteiger partial charge in [0.2, 0.25) is 0 Å². The minimum Gasteiger partial charge on any atom is -0.495 e. The van der Waals surface area contributed by atoms with Crippen molar-refractivity contribution in [3.63, 3.8) is 0 Å². The molecule has 1 aliphatic heterocycles. The minimum absolute atomic E-state index is 0.310. The molecular weight excluding hydrogens is 314 g/mol. The number of nitrogens with zero attached hydrogens (tertiary/aromatic N) is 2. The molecule has 2 rings (SSSR count). The summed E-state index contributed by atoms with van der Waals surface area (Å²) in [6, 6.07) is 7.94. The topological polar surface area (TPSA) is 61.9 Å². The molecule has 1 heterocycles. The lowest BCUT2D eigenvalue weighted by molar-refractivity contribution is 0.414. The Morgan fingerprint density at radius 2 is 2.00 bits per heavy atom. The third-order valence-corrected chi connectivity index (χ3v) is 6.04. The van der Waals surface area contributed by atoms with Gasteiger partial charge in [-0.05, 0) is 24.5 Å². The fourth-order valence-corrected chi connectivity index (χ4v) is 4.30. The van der Waals surface area contributed by atoms with E-state index in [1.165, 1.54) is 4.31 Å². The van der Waals surface area contributed by atoms with Crippen LogP contribution in [0.4, 0.5) is 5.69 Å². The minimum atomic E-state index is -3.36. The van der Waals surface area contributed by atoms with E-state index in [0.717, 1.165) is 30.9 Å². The number of anilines is 1. The van der Waals surface area contributed by atoms with Gasteiger partial charge >= 0.3 is 0 Å². The number of hydrogen-bond donors (Lipinski definition) is 1. The van der Waals surface area contributed by atoms with E-state index in [1.54, 1.807) is 7.11 Å². The molecular formula is C16H27N3O3S. The highest BCUT2D eigenvalue weighted by molar-refractivity contribution is 7.87. The van der Waals surface area contributed by atoms with E-state index in [-0.39, 0.29) is 0 Å². The first kappa shape index (κ1) is 18.0. The Morgan fingerprint density at radius 3 is 2.65 bits per heavy atom. The number of nitrogens with one attached hydrogen (secondary N) is 1. The number of rotatable bonds is 8. The van der Waals surface area contributed by atoms with Gasteiger partial charge in [0.1, 0.15) is 5.75 Å². The lowest BCUT2D eigenvalue weighted by Gasteiger charge is -2.22. The first-order valence-corrected chi connectivity index (χ1v) is 9.58. The van der Waals surface area contributed by atoms with E-state index in [4.69, 9.17) is 4.74 Å². The second-order valence-corrected chi connectivity index (χ2v) is 7.47. The highest BCUT2D eigenvalue weighted by Gasteiger charge is 2.27. The molecule has 1 N–H and O–H groups in total. The number of hydrogen-bond acceptors (Lipinski definition) is 4. The average Bonchev–Trinajstić information content (AvgIpc) is 3.03. The van der Waals surface area contributed by atoms with Gasteiger partial charge in [-0.3, -0.25) is 0 Å². The molecule has 0 radical (unpaired) electrons. The van der Waals surface area contributed by atoms with Crippen LogP contribution in [0, 0.1) is 5.92 Å². The molecule has 1 atom stereocenters. The van der Waals surface area contributed by atoms with Gasteiger partial charge in [0, 0.05) is 32.7 Å². The van der Waals surface area contributed by atoms with Gasteiger partial charge in [-0.2, -0.15) is 12.7 Å². The van der Waals surface area contributed by atoms with E-state index < -0.39 is 10.2 Å². The summed E-state index contributed by atoms with van der Waals surface area (Å²) in [5.41, 5.74) is 1.07. The first-order chi connectivity index (χ1) is 11.0. The molecule has 7 heteroatoms. The fraction of sp³-hybridized carbons (Fsp3) is 0.625. The van der Waals surface area contributed by atoms with E-state index in [9.17, 15) is 8.42 Å². The van der Waals surface area contributed by atoms with Gasteiger partial charge in [0.25, 0.3) is 10.2 Å². The van der Waals surface area contributed by atoms with Crippen LogP contribution >= 0.6 is 0 Å². The summed E-state index contributed by atoms with van der Waals surface area (Å²) < 4.78 is 34.0. The van der Waals surface area contributed by atoms with Crippen LogP contribution in [0.25, 0.3) is 0 Å². The lowest BCUT2D eigenvalue weighted by Crippen LogP contribution is -2.42. The summed E-state index contributed by atoms with van der Waals surface area (Å²) in [6.45, 7) is 6.90. The van der Waals surface area contributed by atoms with Crippen molar-refractivity contribution in [1.82, 2.24) is 9.03 Å². The summed E-state index contributed by atoms with van der Waals surface area (Å²) in [4.78, 5) is 2.26. The average molecular weight is 341 g/mol. The Balaban J connectivity index is 1.93. The second-order valence-electron chi connectivity index (χ2n) is 5.71. The van der Waals surface area contributed by atoms with Gasteiger partial charge in [-0.15, -0.1) is 0 Å². The molecule has 1 fully saturated rings. The summed E-state index contributed by atoms with van der Waals surface area (Å²) in [7, 11) is -1.69. The molecule has 0 bridgehead atoms. The number of para-hydroxylation sites is 2. The number of ether oxygens (including phenoxy) is 1. The summed E-state index contributed by atoms with van der Waals surface area (Å²) in [6.07, 6.45) is 0.971. The normalized spacial score (nSPS) is 18.6. The highest BCUT2D eigenvalue weighted by Crippen LogP contribution is 2.31. The van der Waals surface area contributed by atoms with Crippen molar-refractivity contribution in [2.45, 2.75) is 20.3 Å². The highest BCUT2D eigenvalue weighted by atomic mass is 32.2. The Morgan fingerprint density at radius 1 is 1.30 bits per heavy atom. The molecule has 0 unspecified atom stereocenters. The molecule has 0 spiro atoms. The second kappa shape index (κ2) is 7.99. The Labute approximate surface area is 139 Å². The lowest BCUT2D eigenvalue weighted by atomic mass is 10.1. The van der Waals surface area contributed by atoms with Gasteiger partial charge in [0.05, 0.1) is 12.8 Å². The first-order valence-electron chi connectivity index (χ1n) is 8.14. The molecule has 0 aliphatic carbocycles. The molecule has 0 aromatic heterocycles. The molecule has 1 aromatic rings. The quantitative estimate of drug-likeness (QED) is 0.782. The predicted molar refractivity (Wildman–Crippen MR) is 93.2 cm³/mol. The van der Waals surface area contributed by atoms with Crippen LogP contribution in [0.2, 0.25) is 0 Å². The molecule has 23 heavy (non-hydrogen) atoms. The van der Waals surface area contributed by atoms with Crippen molar-refractivity contribution < 1.29 is 13.2 Å². The summed E-state index contributed by atoms with van der Waals surface area (Å²) in [5.74, 6) is 1.17. The molecule has 130 valence electrons. The van der Waals surface area contributed by atoms with Crippen LogP contribution in [-0.2, 0) is 10.2 Å². The molecule has 6 nitrogen and oxygen atoms in total. The third-order valence-electron chi connectivity index (χ3n) is 4.31. The maximum absolute atomic E-state index is 12.2. The van der Waals surface area contributed by atoms with E-state index in [1.807, 2.05) is 38.1 Å². The monoisotopic (exact) mass is 341 g/mol. The van der Waals surface area contributed by atoms with Gasteiger partial charge in [0.15, 0.2) is 0 Å². The van der Waals surface area contributed by atoms with Crippen LogP contribution in [-0.4, -0.2) is 52.6 Å².